The third-order valence-electron chi connectivity index (χ3n) is 1.47. The highest BCUT2D eigenvalue weighted by molar-refractivity contribution is 6.18. The molecule has 0 fully saturated rings. The minimum atomic E-state index is -0.931. The van der Waals surface area contributed by atoms with Crippen LogP contribution in [0.5, 0.6) is 0 Å². The zero-order valence-electron chi connectivity index (χ0n) is 5.10. The minimum Gasteiger partial charge on any atom is -0.381 e. The molecule has 1 atom stereocenters. The second kappa shape index (κ2) is 1.63. The standard InChI is InChI=1S/C5H6N4O/c10-4-3-8-9-5(4)6-1-2-7-5/h1-4,9-10H. The van der Waals surface area contributed by atoms with Crippen LogP contribution < -0.4 is 5.43 Å². The van der Waals surface area contributed by atoms with Crippen molar-refractivity contribution in [3.8, 4) is 0 Å². The molecular weight excluding hydrogens is 132 g/mol. The van der Waals surface area contributed by atoms with Gasteiger partial charge in [0.2, 0.25) is 0 Å². The van der Waals surface area contributed by atoms with Crippen molar-refractivity contribution in [3.05, 3.63) is 0 Å². The van der Waals surface area contributed by atoms with Gasteiger partial charge >= 0.3 is 0 Å². The van der Waals surface area contributed by atoms with E-state index in [0.29, 0.717) is 0 Å². The summed E-state index contributed by atoms with van der Waals surface area (Å²) in [4.78, 5) is 7.83. The van der Waals surface area contributed by atoms with Gasteiger partial charge in [0, 0.05) is 12.4 Å². The molecule has 0 saturated carbocycles. The van der Waals surface area contributed by atoms with Crippen LogP contribution in [0.2, 0.25) is 0 Å². The molecule has 2 rings (SSSR count). The summed E-state index contributed by atoms with van der Waals surface area (Å²) in [7, 11) is 0. The Morgan fingerprint density at radius 1 is 1.40 bits per heavy atom. The lowest BCUT2D eigenvalue weighted by Crippen LogP contribution is -2.43. The summed E-state index contributed by atoms with van der Waals surface area (Å²) in [6, 6.07) is 0. The van der Waals surface area contributed by atoms with E-state index in [1.165, 1.54) is 18.6 Å². The van der Waals surface area contributed by atoms with Gasteiger partial charge in [-0.05, 0) is 0 Å². The number of hydrogen-bond acceptors (Lipinski definition) is 5. The smallest absolute Gasteiger partial charge is 0.271 e. The van der Waals surface area contributed by atoms with Crippen molar-refractivity contribution in [2.24, 2.45) is 15.1 Å². The lowest BCUT2D eigenvalue weighted by Gasteiger charge is -2.18. The van der Waals surface area contributed by atoms with E-state index in [2.05, 4.69) is 20.5 Å². The lowest BCUT2D eigenvalue weighted by atomic mass is 10.2. The molecule has 0 aromatic carbocycles. The van der Waals surface area contributed by atoms with Crippen LogP contribution in [-0.4, -0.2) is 35.6 Å². The minimum absolute atomic E-state index is 0.748. The zero-order chi connectivity index (χ0) is 7.03. The van der Waals surface area contributed by atoms with Crippen LogP contribution in [-0.2, 0) is 0 Å². The zero-order valence-corrected chi connectivity index (χ0v) is 5.10. The molecule has 2 aliphatic rings. The fourth-order valence-corrected chi connectivity index (χ4v) is 0.911. The van der Waals surface area contributed by atoms with Crippen molar-refractivity contribution in [1.29, 1.82) is 0 Å². The van der Waals surface area contributed by atoms with Crippen LogP contribution in [0.4, 0.5) is 0 Å². The normalized spacial score (nSPS) is 31.9. The molecule has 1 unspecified atom stereocenters. The topological polar surface area (TPSA) is 69.3 Å². The molecule has 0 radical (unpaired) electrons. The molecule has 2 heterocycles. The Balaban J connectivity index is 2.33. The first-order chi connectivity index (χ1) is 4.83. The summed E-state index contributed by atoms with van der Waals surface area (Å²) in [6.45, 7) is 0. The molecule has 0 bridgehead atoms. The van der Waals surface area contributed by atoms with Gasteiger partial charge in [0.25, 0.3) is 5.79 Å². The van der Waals surface area contributed by atoms with Crippen molar-refractivity contribution in [2.75, 3.05) is 0 Å². The Morgan fingerprint density at radius 2 is 2.10 bits per heavy atom. The third kappa shape index (κ3) is 0.522. The van der Waals surface area contributed by atoms with E-state index in [0.717, 1.165) is 0 Å². The van der Waals surface area contributed by atoms with Crippen LogP contribution in [0.25, 0.3) is 0 Å². The Labute approximate surface area is 57.2 Å². The fourth-order valence-electron chi connectivity index (χ4n) is 0.911. The van der Waals surface area contributed by atoms with E-state index in [4.69, 9.17) is 0 Å². The summed E-state index contributed by atoms with van der Waals surface area (Å²) < 4.78 is 0. The van der Waals surface area contributed by atoms with Gasteiger partial charge in [-0.2, -0.15) is 5.10 Å². The van der Waals surface area contributed by atoms with Crippen molar-refractivity contribution in [2.45, 2.75) is 11.9 Å². The van der Waals surface area contributed by atoms with Gasteiger partial charge in [0.15, 0.2) is 6.10 Å². The van der Waals surface area contributed by atoms with Crippen LogP contribution in [0.3, 0.4) is 0 Å². The predicted molar refractivity (Wildman–Crippen MR) is 37.3 cm³/mol. The molecule has 2 N–H and O–H groups in total. The summed E-state index contributed by atoms with van der Waals surface area (Å²) in [6.07, 6.45) is 3.69. The van der Waals surface area contributed by atoms with Gasteiger partial charge in [0.05, 0.1) is 6.21 Å². The number of aliphatic hydroxyl groups excluding tert-OH is 1. The van der Waals surface area contributed by atoms with E-state index < -0.39 is 11.9 Å². The largest absolute Gasteiger partial charge is 0.381 e. The summed E-state index contributed by atoms with van der Waals surface area (Å²) >= 11 is 0. The van der Waals surface area contributed by atoms with Crippen LogP contribution in [0.15, 0.2) is 15.1 Å². The molecular formula is C5H6N4O. The molecule has 52 valence electrons. The Bertz CT molecular complexity index is 220. The number of rotatable bonds is 0. The van der Waals surface area contributed by atoms with Gasteiger partial charge < -0.3 is 5.11 Å². The SMILES string of the molecule is OC1C=NNC12N=CC=N2. The van der Waals surface area contributed by atoms with Crippen molar-refractivity contribution >= 4 is 18.6 Å². The number of hydrazone groups is 1. The van der Waals surface area contributed by atoms with Crippen LogP contribution in [0.1, 0.15) is 0 Å². The maximum absolute atomic E-state index is 9.24. The number of aliphatic hydroxyl groups is 1. The van der Waals surface area contributed by atoms with Gasteiger partial charge in [-0.1, -0.05) is 0 Å². The Morgan fingerprint density at radius 3 is 2.60 bits per heavy atom. The molecule has 0 amide bonds. The fraction of sp³-hybridized carbons (Fsp3) is 0.400. The monoisotopic (exact) mass is 138 g/mol. The summed E-state index contributed by atoms with van der Waals surface area (Å²) in [5, 5.41) is 12.9. The highest BCUT2D eigenvalue weighted by Crippen LogP contribution is 2.19. The quantitative estimate of drug-likeness (QED) is 0.439. The van der Waals surface area contributed by atoms with E-state index in [1.807, 2.05) is 0 Å². The molecule has 0 saturated heterocycles. The highest BCUT2D eigenvalue weighted by atomic mass is 16.3. The maximum Gasteiger partial charge on any atom is 0.271 e. The Kier molecular flexibility index (Phi) is 0.906. The first kappa shape index (κ1) is 5.55. The van der Waals surface area contributed by atoms with Gasteiger partial charge in [-0.25, -0.2) is 9.98 Å². The van der Waals surface area contributed by atoms with Crippen molar-refractivity contribution in [1.82, 2.24) is 5.43 Å². The molecule has 5 heteroatoms. The number of hydrogen-bond donors (Lipinski definition) is 2. The third-order valence-corrected chi connectivity index (χ3v) is 1.47. The van der Waals surface area contributed by atoms with Crippen molar-refractivity contribution < 1.29 is 5.11 Å². The number of aliphatic imine (C=N–C) groups is 2. The first-order valence-electron chi connectivity index (χ1n) is 2.91. The first-order valence-corrected chi connectivity index (χ1v) is 2.91. The lowest BCUT2D eigenvalue weighted by molar-refractivity contribution is 0.148. The number of nitrogens with one attached hydrogen (secondary N) is 1. The second-order valence-electron chi connectivity index (χ2n) is 2.12. The van der Waals surface area contributed by atoms with Gasteiger partial charge in [-0.15, -0.1) is 0 Å². The second-order valence-corrected chi connectivity index (χ2v) is 2.12. The average Bonchev–Trinajstić information content (AvgIpc) is 2.48. The van der Waals surface area contributed by atoms with Crippen LogP contribution >= 0.6 is 0 Å². The van der Waals surface area contributed by atoms with E-state index in [1.54, 1.807) is 0 Å². The summed E-state index contributed by atoms with van der Waals surface area (Å²) in [5.74, 6) is -0.931. The molecule has 5 nitrogen and oxygen atoms in total. The highest BCUT2D eigenvalue weighted by Gasteiger charge is 2.40. The van der Waals surface area contributed by atoms with Crippen molar-refractivity contribution in [3.63, 3.8) is 0 Å². The summed E-state index contributed by atoms with van der Waals surface area (Å²) in [5.41, 5.74) is 2.61. The molecule has 10 heavy (non-hydrogen) atoms. The van der Waals surface area contributed by atoms with Gasteiger partial charge in [-0.3, -0.25) is 5.43 Å². The van der Waals surface area contributed by atoms with Crippen LogP contribution in [0, 0.1) is 0 Å². The molecule has 2 aliphatic heterocycles. The maximum atomic E-state index is 9.24. The predicted octanol–water partition coefficient (Wildman–Crippen LogP) is -1.25. The molecule has 0 aromatic heterocycles. The molecule has 0 aliphatic carbocycles. The number of nitrogens with zero attached hydrogens (tertiary/aromatic N) is 3. The Hall–Kier alpha value is -1.23. The molecule has 0 aromatic rings. The average molecular weight is 138 g/mol. The van der Waals surface area contributed by atoms with E-state index in [9.17, 15) is 5.11 Å². The van der Waals surface area contributed by atoms with E-state index in [-0.39, 0.29) is 0 Å². The van der Waals surface area contributed by atoms with Gasteiger partial charge in [0.1, 0.15) is 0 Å². The molecule has 1 spiro atoms. The van der Waals surface area contributed by atoms with E-state index >= 15 is 0 Å².